The summed E-state index contributed by atoms with van der Waals surface area (Å²) in [6, 6.07) is 7.44. The van der Waals surface area contributed by atoms with Crippen molar-refractivity contribution in [3.63, 3.8) is 0 Å². The van der Waals surface area contributed by atoms with Gasteiger partial charge in [0.05, 0.1) is 0 Å². The van der Waals surface area contributed by atoms with Crippen molar-refractivity contribution < 1.29 is 0 Å². The number of piperidine rings is 1. The third-order valence-corrected chi connectivity index (χ3v) is 4.91. The highest BCUT2D eigenvalue weighted by Crippen LogP contribution is 2.28. The molecule has 2 aliphatic rings. The molecule has 110 valence electrons. The van der Waals surface area contributed by atoms with E-state index in [4.69, 9.17) is 5.73 Å². The molecule has 3 rings (SSSR count). The van der Waals surface area contributed by atoms with Crippen molar-refractivity contribution in [1.82, 2.24) is 4.90 Å². The molecule has 1 atom stereocenters. The molecule has 2 aliphatic heterocycles. The Bertz CT molecular complexity index is 452. The monoisotopic (exact) mass is 273 g/mol. The Morgan fingerprint density at radius 3 is 2.65 bits per heavy atom. The summed E-state index contributed by atoms with van der Waals surface area (Å²) in [5, 5.41) is 0. The van der Waals surface area contributed by atoms with Crippen LogP contribution in [0.3, 0.4) is 0 Å². The highest BCUT2D eigenvalue weighted by Gasteiger charge is 2.28. The third-order valence-electron chi connectivity index (χ3n) is 4.91. The summed E-state index contributed by atoms with van der Waals surface area (Å²) in [5.41, 5.74) is 9.73. The minimum Gasteiger partial charge on any atom is -0.370 e. The smallest absolute Gasteiger partial charge is 0.0396 e. The van der Waals surface area contributed by atoms with Crippen molar-refractivity contribution in [2.24, 2.45) is 5.73 Å². The van der Waals surface area contributed by atoms with Crippen LogP contribution in [0.25, 0.3) is 0 Å². The molecule has 3 nitrogen and oxygen atoms in total. The Kier molecular flexibility index (Phi) is 4.27. The zero-order chi connectivity index (χ0) is 13.9. The van der Waals surface area contributed by atoms with E-state index in [0.717, 1.165) is 6.04 Å². The van der Waals surface area contributed by atoms with Gasteiger partial charge in [0.2, 0.25) is 0 Å². The summed E-state index contributed by atoms with van der Waals surface area (Å²) in [6.45, 7) is 7.86. The van der Waals surface area contributed by atoms with Crippen LogP contribution in [0, 0.1) is 6.92 Å². The van der Waals surface area contributed by atoms with Crippen molar-refractivity contribution in [3.8, 4) is 0 Å². The molecule has 2 N–H and O–H groups in total. The van der Waals surface area contributed by atoms with E-state index in [1.54, 1.807) is 0 Å². The van der Waals surface area contributed by atoms with E-state index < -0.39 is 0 Å². The van der Waals surface area contributed by atoms with Crippen LogP contribution < -0.4 is 10.6 Å². The van der Waals surface area contributed by atoms with Crippen LogP contribution >= 0.6 is 0 Å². The van der Waals surface area contributed by atoms with Gasteiger partial charge < -0.3 is 10.6 Å². The molecule has 0 amide bonds. The Hall–Kier alpha value is -1.06. The average Bonchev–Trinajstić information content (AvgIpc) is 2.97. The van der Waals surface area contributed by atoms with Crippen LogP contribution in [-0.2, 0) is 6.54 Å². The lowest BCUT2D eigenvalue weighted by Crippen LogP contribution is -2.40. The summed E-state index contributed by atoms with van der Waals surface area (Å²) < 4.78 is 0. The van der Waals surface area contributed by atoms with Gasteiger partial charge in [0.15, 0.2) is 0 Å². The Balaban J connectivity index is 1.67. The van der Waals surface area contributed by atoms with Gasteiger partial charge in [0, 0.05) is 31.4 Å². The molecule has 1 aromatic carbocycles. The Labute approximate surface area is 122 Å². The van der Waals surface area contributed by atoms with Gasteiger partial charge in [-0.15, -0.1) is 0 Å². The van der Waals surface area contributed by atoms with Crippen molar-refractivity contribution >= 4 is 5.69 Å². The number of benzene rings is 1. The number of hydrogen-bond acceptors (Lipinski definition) is 3. The fraction of sp³-hybridized carbons (Fsp3) is 0.647. The number of likely N-dealkylation sites (tertiary alicyclic amines) is 1. The molecule has 2 heterocycles. The highest BCUT2D eigenvalue weighted by molar-refractivity contribution is 5.55. The van der Waals surface area contributed by atoms with E-state index in [9.17, 15) is 0 Å². The van der Waals surface area contributed by atoms with Crippen LogP contribution in [0.15, 0.2) is 18.2 Å². The summed E-state index contributed by atoms with van der Waals surface area (Å²) in [4.78, 5) is 5.28. The zero-order valence-corrected chi connectivity index (χ0v) is 12.6. The quantitative estimate of drug-likeness (QED) is 0.918. The van der Waals surface area contributed by atoms with Gasteiger partial charge in [-0.05, 0) is 56.5 Å². The molecule has 1 aromatic rings. The summed E-state index contributed by atoms with van der Waals surface area (Å²) in [6.07, 6.45) is 5.52. The summed E-state index contributed by atoms with van der Waals surface area (Å²) in [7, 11) is 0. The molecule has 0 aromatic heterocycles. The fourth-order valence-electron chi connectivity index (χ4n) is 3.74. The van der Waals surface area contributed by atoms with Crippen LogP contribution in [0.4, 0.5) is 5.69 Å². The van der Waals surface area contributed by atoms with Crippen molar-refractivity contribution in [2.75, 3.05) is 31.1 Å². The van der Waals surface area contributed by atoms with Crippen molar-refractivity contribution in [2.45, 2.75) is 45.2 Å². The van der Waals surface area contributed by atoms with E-state index in [-0.39, 0.29) is 0 Å². The second-order valence-electron chi connectivity index (χ2n) is 6.31. The Morgan fingerprint density at radius 2 is 1.95 bits per heavy atom. The topological polar surface area (TPSA) is 32.5 Å². The number of hydrogen-bond donors (Lipinski definition) is 1. The van der Waals surface area contributed by atoms with Gasteiger partial charge in [0.25, 0.3) is 0 Å². The Morgan fingerprint density at radius 1 is 1.15 bits per heavy atom. The van der Waals surface area contributed by atoms with Gasteiger partial charge >= 0.3 is 0 Å². The maximum atomic E-state index is 5.72. The fourth-order valence-corrected chi connectivity index (χ4v) is 3.74. The van der Waals surface area contributed by atoms with E-state index in [1.165, 1.54) is 68.7 Å². The first kappa shape index (κ1) is 13.9. The van der Waals surface area contributed by atoms with E-state index >= 15 is 0 Å². The van der Waals surface area contributed by atoms with Gasteiger partial charge in [-0.25, -0.2) is 0 Å². The number of nitrogens with two attached hydrogens (primary N) is 1. The number of anilines is 1. The summed E-state index contributed by atoms with van der Waals surface area (Å²) in [5.74, 6) is 0. The maximum absolute atomic E-state index is 5.72. The standard InChI is InChI=1S/C17H27N3/c1-14-11-15(12-18)5-6-17(14)20-10-7-16(13-20)19-8-3-2-4-9-19/h5-6,11,16H,2-4,7-10,12-13,18H2,1H3. The van der Waals surface area contributed by atoms with E-state index in [2.05, 4.69) is 34.9 Å². The van der Waals surface area contributed by atoms with Gasteiger partial charge in [0.1, 0.15) is 0 Å². The SMILES string of the molecule is Cc1cc(CN)ccc1N1CCC(N2CCCCC2)C1. The largest absolute Gasteiger partial charge is 0.370 e. The molecule has 20 heavy (non-hydrogen) atoms. The van der Waals surface area contributed by atoms with Gasteiger partial charge in [-0.2, -0.15) is 0 Å². The molecule has 0 bridgehead atoms. The maximum Gasteiger partial charge on any atom is 0.0396 e. The molecule has 0 aliphatic carbocycles. The highest BCUT2D eigenvalue weighted by atomic mass is 15.3. The molecule has 1 unspecified atom stereocenters. The lowest BCUT2D eigenvalue weighted by atomic mass is 10.1. The minimum absolute atomic E-state index is 0.636. The second kappa shape index (κ2) is 6.15. The molecule has 2 saturated heterocycles. The third kappa shape index (κ3) is 2.84. The van der Waals surface area contributed by atoms with Gasteiger partial charge in [-0.1, -0.05) is 18.6 Å². The summed E-state index contributed by atoms with van der Waals surface area (Å²) >= 11 is 0. The number of rotatable bonds is 3. The van der Waals surface area contributed by atoms with Crippen molar-refractivity contribution in [1.29, 1.82) is 0 Å². The lowest BCUT2D eigenvalue weighted by molar-refractivity contribution is 0.175. The lowest BCUT2D eigenvalue weighted by Gasteiger charge is -2.32. The minimum atomic E-state index is 0.636. The molecular weight excluding hydrogens is 246 g/mol. The molecule has 3 heteroatoms. The predicted molar refractivity (Wildman–Crippen MR) is 85.1 cm³/mol. The van der Waals surface area contributed by atoms with Crippen LogP contribution in [0.5, 0.6) is 0 Å². The van der Waals surface area contributed by atoms with E-state index in [1.807, 2.05) is 0 Å². The molecule has 0 radical (unpaired) electrons. The first-order valence-corrected chi connectivity index (χ1v) is 8.06. The first-order valence-electron chi connectivity index (χ1n) is 8.06. The van der Waals surface area contributed by atoms with Crippen LogP contribution in [0.2, 0.25) is 0 Å². The second-order valence-corrected chi connectivity index (χ2v) is 6.31. The molecule has 0 spiro atoms. The number of nitrogens with zero attached hydrogens (tertiary/aromatic N) is 2. The number of aryl methyl sites for hydroxylation is 1. The van der Waals surface area contributed by atoms with Crippen LogP contribution in [0.1, 0.15) is 36.8 Å². The zero-order valence-electron chi connectivity index (χ0n) is 12.6. The normalized spacial score (nSPS) is 24.3. The molecule has 2 fully saturated rings. The van der Waals surface area contributed by atoms with Crippen molar-refractivity contribution in [3.05, 3.63) is 29.3 Å². The first-order chi connectivity index (χ1) is 9.78. The van der Waals surface area contributed by atoms with Gasteiger partial charge in [-0.3, -0.25) is 4.90 Å². The predicted octanol–water partition coefficient (Wildman–Crippen LogP) is 2.52. The van der Waals surface area contributed by atoms with E-state index in [0.29, 0.717) is 6.54 Å². The molecule has 0 saturated carbocycles. The van der Waals surface area contributed by atoms with Crippen LogP contribution in [-0.4, -0.2) is 37.1 Å². The molecular formula is C17H27N3. The average molecular weight is 273 g/mol.